The van der Waals surface area contributed by atoms with Gasteiger partial charge in [0.1, 0.15) is 5.76 Å². The second-order valence-electron chi connectivity index (χ2n) is 8.52. The summed E-state index contributed by atoms with van der Waals surface area (Å²) in [4.78, 5) is 26.7. The third kappa shape index (κ3) is 3.10. The van der Waals surface area contributed by atoms with E-state index in [2.05, 4.69) is 13.8 Å². The maximum atomic E-state index is 13.5. The Labute approximate surface area is 175 Å². The standard InChI is InChI=1S/C23H26N2O3S/c1-5-24-20(27)19-17(14-10-8-7-9-11-14)18-15(26)12-23(3,4)13-16(18)28-21(19)25(6-2)22(24)29/h7-11,17H,5-6,12-13H2,1-4H3. The first-order valence-electron chi connectivity index (χ1n) is 10.2. The van der Waals surface area contributed by atoms with Gasteiger partial charge in [-0.3, -0.25) is 18.7 Å². The van der Waals surface area contributed by atoms with Crippen molar-refractivity contribution >= 4 is 18.0 Å². The van der Waals surface area contributed by atoms with E-state index in [9.17, 15) is 9.59 Å². The molecule has 1 atom stereocenters. The molecule has 0 fully saturated rings. The quantitative estimate of drug-likeness (QED) is 0.695. The van der Waals surface area contributed by atoms with Crippen LogP contribution in [0.4, 0.5) is 0 Å². The number of benzene rings is 1. The van der Waals surface area contributed by atoms with Crippen molar-refractivity contribution < 1.29 is 9.53 Å². The zero-order valence-corrected chi connectivity index (χ0v) is 18.1. The first-order valence-corrected chi connectivity index (χ1v) is 10.6. The van der Waals surface area contributed by atoms with E-state index in [0.29, 0.717) is 53.5 Å². The van der Waals surface area contributed by atoms with Gasteiger partial charge in [0, 0.05) is 31.5 Å². The van der Waals surface area contributed by atoms with Gasteiger partial charge in [-0.25, -0.2) is 0 Å². The number of Topliss-reactive ketones (excluding diaryl/α,β-unsaturated/α-hetero) is 1. The SMILES string of the molecule is CCn1c2c(c(=O)n(CC)c1=S)C(c1ccccc1)C1=C(CC(C)(C)CC1=O)O2. The maximum absolute atomic E-state index is 13.5. The Balaban J connectivity index is 2.10. The van der Waals surface area contributed by atoms with Gasteiger partial charge in [-0.15, -0.1) is 0 Å². The summed E-state index contributed by atoms with van der Waals surface area (Å²) in [5.74, 6) is 0.795. The number of rotatable bonds is 3. The summed E-state index contributed by atoms with van der Waals surface area (Å²) >= 11 is 5.60. The van der Waals surface area contributed by atoms with E-state index < -0.39 is 5.92 Å². The molecule has 2 heterocycles. The largest absolute Gasteiger partial charge is 0.444 e. The van der Waals surface area contributed by atoms with E-state index in [-0.39, 0.29) is 16.8 Å². The molecular weight excluding hydrogens is 384 g/mol. The van der Waals surface area contributed by atoms with Crippen molar-refractivity contribution in [1.82, 2.24) is 9.13 Å². The number of carbonyl (C=O) groups excluding carboxylic acids is 1. The third-order valence-electron chi connectivity index (χ3n) is 5.85. The molecule has 1 aliphatic carbocycles. The fraction of sp³-hybridized carbons (Fsp3) is 0.435. The molecule has 6 heteroatoms. The minimum atomic E-state index is -0.433. The molecule has 5 nitrogen and oxygen atoms in total. The monoisotopic (exact) mass is 410 g/mol. The van der Waals surface area contributed by atoms with Crippen molar-refractivity contribution in [3.05, 3.63) is 67.9 Å². The highest BCUT2D eigenvalue weighted by Gasteiger charge is 2.44. The maximum Gasteiger partial charge on any atom is 0.262 e. The highest BCUT2D eigenvalue weighted by molar-refractivity contribution is 7.71. The van der Waals surface area contributed by atoms with Crippen LogP contribution in [-0.2, 0) is 17.9 Å². The molecule has 2 aromatic rings. The highest BCUT2D eigenvalue weighted by Crippen LogP contribution is 2.48. The lowest BCUT2D eigenvalue weighted by molar-refractivity contribution is -0.118. The molecule has 152 valence electrons. The molecule has 0 amide bonds. The van der Waals surface area contributed by atoms with Crippen molar-refractivity contribution in [3.8, 4) is 5.88 Å². The van der Waals surface area contributed by atoms with Gasteiger partial charge in [0.25, 0.3) is 5.56 Å². The third-order valence-corrected chi connectivity index (χ3v) is 6.30. The van der Waals surface area contributed by atoms with Crippen LogP contribution in [0.3, 0.4) is 0 Å². The molecule has 1 aliphatic heterocycles. The number of ether oxygens (including phenoxy) is 1. The number of nitrogens with zero attached hydrogens (tertiary/aromatic N) is 2. The Morgan fingerprint density at radius 3 is 2.34 bits per heavy atom. The molecule has 0 saturated heterocycles. The predicted octanol–water partition coefficient (Wildman–Crippen LogP) is 4.59. The lowest BCUT2D eigenvalue weighted by Crippen LogP contribution is -2.39. The fourth-order valence-electron chi connectivity index (χ4n) is 4.55. The number of fused-ring (bicyclic) bond motifs is 1. The molecule has 0 saturated carbocycles. The summed E-state index contributed by atoms with van der Waals surface area (Å²) in [6.45, 7) is 9.10. The first-order chi connectivity index (χ1) is 13.8. The van der Waals surface area contributed by atoms with Crippen molar-refractivity contribution in [3.63, 3.8) is 0 Å². The van der Waals surface area contributed by atoms with Crippen molar-refractivity contribution in [1.29, 1.82) is 0 Å². The predicted molar refractivity (Wildman–Crippen MR) is 115 cm³/mol. The van der Waals surface area contributed by atoms with Crippen LogP contribution < -0.4 is 10.3 Å². The van der Waals surface area contributed by atoms with Crippen LogP contribution in [0.25, 0.3) is 0 Å². The summed E-state index contributed by atoms with van der Waals surface area (Å²) in [5.41, 5.74) is 1.72. The number of ketones is 1. The van der Waals surface area contributed by atoms with Gasteiger partial charge in [0.2, 0.25) is 5.88 Å². The van der Waals surface area contributed by atoms with Crippen molar-refractivity contribution in [2.24, 2.45) is 5.41 Å². The minimum Gasteiger partial charge on any atom is -0.444 e. The molecule has 29 heavy (non-hydrogen) atoms. The van der Waals surface area contributed by atoms with Crippen LogP contribution in [0.5, 0.6) is 5.88 Å². The van der Waals surface area contributed by atoms with Crippen LogP contribution in [0.2, 0.25) is 0 Å². The summed E-state index contributed by atoms with van der Waals surface area (Å²) in [7, 11) is 0. The van der Waals surface area contributed by atoms with E-state index in [1.165, 1.54) is 0 Å². The molecule has 1 unspecified atom stereocenters. The molecular formula is C23H26N2O3S. The van der Waals surface area contributed by atoms with Crippen molar-refractivity contribution in [2.75, 3.05) is 0 Å². The first kappa shape index (κ1) is 19.8. The number of hydrogen-bond acceptors (Lipinski definition) is 4. The van der Waals surface area contributed by atoms with E-state index in [1.807, 2.05) is 48.7 Å². The van der Waals surface area contributed by atoms with Gasteiger partial charge in [0.15, 0.2) is 10.6 Å². The van der Waals surface area contributed by atoms with Gasteiger partial charge in [-0.1, -0.05) is 44.2 Å². The molecule has 0 N–H and O–H groups in total. The van der Waals surface area contributed by atoms with E-state index >= 15 is 0 Å². The van der Waals surface area contributed by atoms with Crippen LogP contribution in [0.1, 0.15) is 57.6 Å². The van der Waals surface area contributed by atoms with Gasteiger partial charge >= 0.3 is 0 Å². The van der Waals surface area contributed by atoms with E-state index in [1.54, 1.807) is 4.57 Å². The molecule has 0 spiro atoms. The van der Waals surface area contributed by atoms with Crippen LogP contribution in [-0.4, -0.2) is 14.9 Å². The Bertz CT molecular complexity index is 1140. The zero-order valence-electron chi connectivity index (χ0n) is 17.3. The number of aromatic nitrogens is 2. The molecule has 0 radical (unpaired) electrons. The Hall–Kier alpha value is -2.47. The van der Waals surface area contributed by atoms with Gasteiger partial charge in [-0.05, 0) is 37.0 Å². The van der Waals surface area contributed by atoms with Crippen LogP contribution in [0.15, 0.2) is 46.5 Å². The lowest BCUT2D eigenvalue weighted by Gasteiger charge is -2.38. The molecule has 4 rings (SSSR count). The fourth-order valence-corrected chi connectivity index (χ4v) is 4.97. The number of carbonyl (C=O) groups is 1. The number of hydrogen-bond donors (Lipinski definition) is 0. The minimum absolute atomic E-state index is 0.0590. The summed E-state index contributed by atoms with van der Waals surface area (Å²) < 4.78 is 10.2. The Morgan fingerprint density at radius 2 is 1.72 bits per heavy atom. The Kier molecular flexibility index (Phi) is 4.85. The molecule has 1 aromatic heterocycles. The zero-order chi connectivity index (χ0) is 20.9. The average Bonchev–Trinajstić information content (AvgIpc) is 2.67. The summed E-state index contributed by atoms with van der Waals surface area (Å²) in [6.07, 6.45) is 1.10. The molecule has 1 aromatic carbocycles. The molecule has 2 aliphatic rings. The highest BCUT2D eigenvalue weighted by atomic mass is 32.1. The van der Waals surface area contributed by atoms with Gasteiger partial charge in [-0.2, -0.15) is 0 Å². The summed E-state index contributed by atoms with van der Waals surface area (Å²) in [5, 5.41) is 0. The summed E-state index contributed by atoms with van der Waals surface area (Å²) in [6, 6.07) is 9.77. The molecule has 0 bridgehead atoms. The smallest absolute Gasteiger partial charge is 0.262 e. The normalized spacial score (nSPS) is 20.1. The average molecular weight is 411 g/mol. The lowest BCUT2D eigenvalue weighted by atomic mass is 9.70. The van der Waals surface area contributed by atoms with E-state index in [4.69, 9.17) is 17.0 Å². The second kappa shape index (κ2) is 7.10. The van der Waals surface area contributed by atoms with Crippen LogP contribution in [0, 0.1) is 10.2 Å². The van der Waals surface area contributed by atoms with Gasteiger partial charge < -0.3 is 4.74 Å². The topological polar surface area (TPSA) is 53.2 Å². The Morgan fingerprint density at radius 1 is 1.07 bits per heavy atom. The van der Waals surface area contributed by atoms with Crippen molar-refractivity contribution in [2.45, 2.75) is 59.5 Å². The van der Waals surface area contributed by atoms with Gasteiger partial charge in [0.05, 0.1) is 11.5 Å². The van der Waals surface area contributed by atoms with E-state index in [0.717, 1.165) is 5.56 Å². The number of allylic oxidation sites excluding steroid dienone is 2. The van der Waals surface area contributed by atoms with Crippen LogP contribution >= 0.6 is 12.2 Å². The second-order valence-corrected chi connectivity index (χ2v) is 8.88.